The van der Waals surface area contributed by atoms with E-state index in [0.717, 1.165) is 0 Å². The molecule has 4 fully saturated rings. The zero-order valence-electron chi connectivity index (χ0n) is 17.1. The highest BCUT2D eigenvalue weighted by Gasteiger charge is 2.73. The van der Waals surface area contributed by atoms with Crippen molar-refractivity contribution in [3.8, 4) is 0 Å². The van der Waals surface area contributed by atoms with Crippen molar-refractivity contribution < 1.29 is 29.6 Å². The third kappa shape index (κ3) is 2.31. The predicted octanol–water partition coefficient (Wildman–Crippen LogP) is 1.61. The third-order valence-corrected chi connectivity index (χ3v) is 8.61. The van der Waals surface area contributed by atoms with Gasteiger partial charge in [-0.15, -0.1) is 0 Å². The molecule has 3 N–H and O–H groups in total. The van der Waals surface area contributed by atoms with Gasteiger partial charge in [0.1, 0.15) is 6.10 Å². The van der Waals surface area contributed by atoms with Crippen LogP contribution in [0.1, 0.15) is 53.4 Å². The number of hydrogen-bond acceptors (Lipinski definition) is 6. The number of esters is 1. The predicted molar refractivity (Wildman–Crippen MR) is 101 cm³/mol. The Morgan fingerprint density at radius 1 is 1.07 bits per heavy atom. The number of hydrogen-bond donors (Lipinski definition) is 3. The van der Waals surface area contributed by atoms with Crippen LogP contribution in [0.3, 0.4) is 0 Å². The summed E-state index contributed by atoms with van der Waals surface area (Å²) in [6.45, 7) is 11.1. The standard InChI is InChI=1S/C22H32O6/c1-10-12-6-13(24)16-21(5)8-14(25)19(27)20(3,4)17(21)15(28-11(2)23)9-22(16,7-12)18(10)26/h12-17,19,24-25,27H,1,6-9H2,2-5H3. The number of ketones is 1. The second-order valence-corrected chi connectivity index (χ2v) is 10.6. The molecule has 0 aliphatic heterocycles. The fourth-order valence-electron chi connectivity index (χ4n) is 8.07. The minimum atomic E-state index is -0.972. The van der Waals surface area contributed by atoms with Gasteiger partial charge in [-0.1, -0.05) is 27.4 Å². The first kappa shape index (κ1) is 20.0. The van der Waals surface area contributed by atoms with Gasteiger partial charge in [0, 0.05) is 29.6 Å². The Hall–Kier alpha value is -1.24. The highest BCUT2D eigenvalue weighted by Crippen LogP contribution is 2.71. The number of ether oxygens (including phenoxy) is 1. The van der Waals surface area contributed by atoms with Gasteiger partial charge in [-0.25, -0.2) is 0 Å². The fraction of sp³-hybridized carbons (Fsp3) is 0.818. The van der Waals surface area contributed by atoms with Crippen LogP contribution in [-0.4, -0.2) is 51.5 Å². The van der Waals surface area contributed by atoms with Crippen LogP contribution in [0.4, 0.5) is 0 Å². The fourth-order valence-corrected chi connectivity index (χ4v) is 8.07. The van der Waals surface area contributed by atoms with Crippen LogP contribution >= 0.6 is 0 Å². The molecule has 9 atom stereocenters. The number of Topliss-reactive ketones (excluding diaryl/α,β-unsaturated/α-hetero) is 1. The van der Waals surface area contributed by atoms with Gasteiger partial charge in [0.2, 0.25) is 0 Å². The van der Waals surface area contributed by atoms with Crippen molar-refractivity contribution in [1.82, 2.24) is 0 Å². The number of fused-ring (bicyclic) bond motifs is 3. The van der Waals surface area contributed by atoms with E-state index in [1.165, 1.54) is 6.92 Å². The summed E-state index contributed by atoms with van der Waals surface area (Å²) in [7, 11) is 0. The number of aliphatic hydroxyl groups is 3. The average Bonchev–Trinajstić information content (AvgIpc) is 2.72. The highest BCUT2D eigenvalue weighted by atomic mass is 16.5. The summed E-state index contributed by atoms with van der Waals surface area (Å²) in [5.41, 5.74) is -1.65. The molecule has 0 heterocycles. The first-order valence-electron chi connectivity index (χ1n) is 10.3. The molecule has 0 saturated heterocycles. The largest absolute Gasteiger partial charge is 0.462 e. The summed E-state index contributed by atoms with van der Waals surface area (Å²) < 4.78 is 5.76. The maximum atomic E-state index is 13.4. The van der Waals surface area contributed by atoms with Gasteiger partial charge in [-0.2, -0.15) is 0 Å². The van der Waals surface area contributed by atoms with Crippen LogP contribution in [0, 0.1) is 34.0 Å². The van der Waals surface area contributed by atoms with Gasteiger partial charge in [-0.05, 0) is 42.6 Å². The normalized spacial score (nSPS) is 52.0. The summed E-state index contributed by atoms with van der Waals surface area (Å²) in [6, 6.07) is 0. The lowest BCUT2D eigenvalue weighted by Gasteiger charge is -2.67. The van der Waals surface area contributed by atoms with Crippen molar-refractivity contribution >= 4 is 11.8 Å². The maximum Gasteiger partial charge on any atom is 0.302 e. The number of carbonyl (C=O) groups excluding carboxylic acids is 2. The van der Waals surface area contributed by atoms with Crippen molar-refractivity contribution in [2.75, 3.05) is 0 Å². The molecular weight excluding hydrogens is 360 g/mol. The second kappa shape index (κ2) is 5.89. The Morgan fingerprint density at radius 3 is 2.32 bits per heavy atom. The lowest BCUT2D eigenvalue weighted by atomic mass is 9.39. The lowest BCUT2D eigenvalue weighted by molar-refractivity contribution is -0.265. The number of aliphatic hydroxyl groups excluding tert-OH is 3. The Balaban J connectivity index is 1.91. The second-order valence-electron chi connectivity index (χ2n) is 10.6. The molecule has 4 aliphatic rings. The lowest BCUT2D eigenvalue weighted by Crippen LogP contribution is -2.70. The van der Waals surface area contributed by atoms with E-state index in [9.17, 15) is 24.9 Å². The Labute approximate surface area is 166 Å². The molecule has 156 valence electrons. The van der Waals surface area contributed by atoms with Crippen molar-refractivity contribution in [2.24, 2.45) is 34.0 Å². The third-order valence-electron chi connectivity index (χ3n) is 8.61. The SMILES string of the molecule is C=C1C(=O)C23CC1CC(O)C2C1(C)CC(O)C(O)C(C)(C)C1C(OC(C)=O)C3. The molecular formula is C22H32O6. The number of carbonyl (C=O) groups is 2. The molecule has 1 spiro atoms. The van der Waals surface area contributed by atoms with Gasteiger partial charge in [0.25, 0.3) is 0 Å². The first-order chi connectivity index (χ1) is 12.9. The molecule has 4 saturated carbocycles. The van der Waals surface area contributed by atoms with E-state index in [0.29, 0.717) is 24.8 Å². The van der Waals surface area contributed by atoms with E-state index in [4.69, 9.17) is 4.74 Å². The quantitative estimate of drug-likeness (QED) is 0.463. The van der Waals surface area contributed by atoms with Crippen LogP contribution in [-0.2, 0) is 14.3 Å². The van der Waals surface area contributed by atoms with Crippen molar-refractivity contribution in [3.63, 3.8) is 0 Å². The van der Waals surface area contributed by atoms with Gasteiger partial charge < -0.3 is 20.1 Å². The summed E-state index contributed by atoms with van der Waals surface area (Å²) in [6.07, 6.45) is -1.47. The Morgan fingerprint density at radius 2 is 1.71 bits per heavy atom. The van der Waals surface area contributed by atoms with Gasteiger partial charge in [0.05, 0.1) is 18.3 Å². The summed E-state index contributed by atoms with van der Waals surface area (Å²) in [4.78, 5) is 25.3. The zero-order chi connectivity index (χ0) is 20.8. The first-order valence-corrected chi connectivity index (χ1v) is 10.3. The van der Waals surface area contributed by atoms with Gasteiger partial charge in [0.15, 0.2) is 5.78 Å². The maximum absolute atomic E-state index is 13.4. The van der Waals surface area contributed by atoms with Crippen LogP contribution in [0.15, 0.2) is 12.2 Å². The highest BCUT2D eigenvalue weighted by molar-refractivity contribution is 6.03. The Kier molecular flexibility index (Phi) is 4.22. The zero-order valence-corrected chi connectivity index (χ0v) is 17.1. The van der Waals surface area contributed by atoms with Crippen LogP contribution in [0.5, 0.6) is 0 Å². The Bertz CT molecular complexity index is 743. The molecule has 0 amide bonds. The molecule has 4 rings (SSSR count). The molecule has 28 heavy (non-hydrogen) atoms. The van der Waals surface area contributed by atoms with Crippen LogP contribution in [0.25, 0.3) is 0 Å². The van der Waals surface area contributed by atoms with Gasteiger partial charge >= 0.3 is 5.97 Å². The van der Waals surface area contributed by atoms with Gasteiger partial charge in [-0.3, -0.25) is 9.59 Å². The van der Waals surface area contributed by atoms with E-state index < -0.39 is 46.6 Å². The number of allylic oxidation sites excluding steroid dienone is 1. The molecule has 4 aliphatic carbocycles. The summed E-state index contributed by atoms with van der Waals surface area (Å²) >= 11 is 0. The molecule has 0 radical (unpaired) electrons. The smallest absolute Gasteiger partial charge is 0.302 e. The van der Waals surface area contributed by atoms with E-state index in [1.807, 2.05) is 20.8 Å². The molecule has 0 aromatic rings. The molecule has 2 bridgehead atoms. The topological polar surface area (TPSA) is 104 Å². The van der Waals surface area contributed by atoms with E-state index in [1.54, 1.807) is 0 Å². The van der Waals surface area contributed by atoms with Crippen molar-refractivity contribution in [1.29, 1.82) is 0 Å². The minimum absolute atomic E-state index is 0.0192. The van der Waals surface area contributed by atoms with Crippen molar-refractivity contribution in [3.05, 3.63) is 12.2 Å². The molecule has 6 nitrogen and oxygen atoms in total. The van der Waals surface area contributed by atoms with Crippen LogP contribution in [0.2, 0.25) is 0 Å². The van der Waals surface area contributed by atoms with Crippen LogP contribution < -0.4 is 0 Å². The van der Waals surface area contributed by atoms with E-state index in [-0.39, 0.29) is 30.0 Å². The summed E-state index contributed by atoms with van der Waals surface area (Å²) in [5, 5.41) is 32.6. The summed E-state index contributed by atoms with van der Waals surface area (Å²) in [5.74, 6) is -1.12. The van der Waals surface area contributed by atoms with Crippen molar-refractivity contribution in [2.45, 2.75) is 77.8 Å². The minimum Gasteiger partial charge on any atom is -0.462 e. The average molecular weight is 392 g/mol. The van der Waals surface area contributed by atoms with E-state index in [2.05, 4.69) is 6.58 Å². The molecule has 6 heteroatoms. The molecule has 9 unspecified atom stereocenters. The van der Waals surface area contributed by atoms with E-state index >= 15 is 0 Å². The number of rotatable bonds is 1. The molecule has 0 aromatic carbocycles. The molecule has 0 aromatic heterocycles. The monoisotopic (exact) mass is 392 g/mol.